The molecule has 10 nitrogen and oxygen atoms in total. The number of nitrogens with zero attached hydrogens (tertiary/aromatic N) is 4. The van der Waals surface area contributed by atoms with Gasteiger partial charge in [0, 0.05) is 0 Å². The Morgan fingerprint density at radius 2 is 1.12 bits per heavy atom. The fourth-order valence-corrected chi connectivity index (χ4v) is 6.81. The summed E-state index contributed by atoms with van der Waals surface area (Å²) in [4.78, 5) is 49.9. The minimum Gasteiger partial charge on any atom is -0.366 e. The lowest BCUT2D eigenvalue weighted by atomic mass is 10.1. The Hall–Kier alpha value is -2.88. The second-order valence-corrected chi connectivity index (χ2v) is 11.7. The first kappa shape index (κ1) is 32.6. The van der Waals surface area contributed by atoms with E-state index in [-0.39, 0.29) is 38.3 Å². The fraction of sp³-hybridized carbons (Fsp3) is 0.577. The molecule has 3 amide bonds. The molecule has 0 unspecified atom stereocenters. The monoisotopic (exact) mass is 615 g/mol. The Labute approximate surface area is 244 Å². The number of aromatic nitrogens is 2. The van der Waals surface area contributed by atoms with E-state index in [1.807, 2.05) is 37.5 Å². The summed E-state index contributed by atoms with van der Waals surface area (Å²) in [7, 11) is 0. The van der Waals surface area contributed by atoms with Crippen molar-refractivity contribution in [3.63, 3.8) is 0 Å². The Morgan fingerprint density at radius 3 is 1.41 bits per heavy atom. The normalized spacial score (nSPS) is 12.1. The van der Waals surface area contributed by atoms with Crippen molar-refractivity contribution in [3.05, 3.63) is 11.1 Å². The number of hydrogen-bond donors (Lipinski definition) is 3. The van der Waals surface area contributed by atoms with Crippen LogP contribution in [0.1, 0.15) is 69.3 Å². The van der Waals surface area contributed by atoms with Crippen LogP contribution in [0.3, 0.4) is 0 Å². The number of halogens is 3. The molecular formula is C26H36F3N7O3S2. The van der Waals surface area contributed by atoms with Crippen molar-refractivity contribution < 1.29 is 27.6 Å². The summed E-state index contributed by atoms with van der Waals surface area (Å²) < 4.78 is 43.1. The molecule has 2 heterocycles. The SMILES string of the molecule is CCCN(CCC)CC(=O)Nc1nc2c(C(F)(F)F)c3nc(NC(=O)CN(CCC)CCC)sc3c(C(N)=O)c2s1. The topological polar surface area (TPSA) is 134 Å². The van der Waals surface area contributed by atoms with E-state index in [0.717, 1.165) is 48.4 Å². The molecule has 15 heteroatoms. The molecule has 0 aliphatic rings. The molecule has 0 radical (unpaired) electrons. The maximum Gasteiger partial charge on any atom is 0.420 e. The number of nitrogens with two attached hydrogens (primary N) is 1. The van der Waals surface area contributed by atoms with Crippen LogP contribution in [0.4, 0.5) is 23.4 Å². The highest BCUT2D eigenvalue weighted by atomic mass is 32.1. The summed E-state index contributed by atoms with van der Waals surface area (Å²) in [6, 6.07) is 0. The lowest BCUT2D eigenvalue weighted by Gasteiger charge is -2.19. The van der Waals surface area contributed by atoms with Crippen molar-refractivity contribution in [2.75, 3.05) is 49.9 Å². The van der Waals surface area contributed by atoms with Gasteiger partial charge in [-0.25, -0.2) is 9.97 Å². The molecular weight excluding hydrogens is 579 g/mol. The first-order chi connectivity index (χ1) is 19.4. The third kappa shape index (κ3) is 8.11. The largest absolute Gasteiger partial charge is 0.420 e. The van der Waals surface area contributed by atoms with E-state index in [1.54, 1.807) is 0 Å². The van der Waals surface area contributed by atoms with Crippen LogP contribution < -0.4 is 16.4 Å². The van der Waals surface area contributed by atoms with Crippen molar-refractivity contribution in [2.24, 2.45) is 5.73 Å². The molecule has 0 saturated carbocycles. The molecule has 41 heavy (non-hydrogen) atoms. The van der Waals surface area contributed by atoms with Crippen LogP contribution in [0, 0.1) is 0 Å². The second kappa shape index (κ2) is 14.3. The molecule has 2 aromatic heterocycles. The standard InChI is InChI=1S/C26H36F3N7O3S2/c1-5-9-35(10-6-2)13-15(37)31-24-33-19-18(26(27,28)29)20-22(17(23(30)39)21(19)40-24)41-25(34-20)32-16(38)14-36(11-7-3)12-8-4/h5-14H2,1-4H3,(H2,30,39)(H,31,33,37)(H,32,34,38). The van der Waals surface area contributed by atoms with Crippen LogP contribution in [-0.4, -0.2) is 76.8 Å². The molecule has 0 spiro atoms. The zero-order valence-corrected chi connectivity index (χ0v) is 25.2. The number of primary amides is 1. The Balaban J connectivity index is 2.03. The summed E-state index contributed by atoms with van der Waals surface area (Å²) in [5.41, 5.74) is 3.24. The molecule has 0 aliphatic carbocycles. The van der Waals surface area contributed by atoms with E-state index in [0.29, 0.717) is 26.2 Å². The van der Waals surface area contributed by atoms with Gasteiger partial charge in [0.1, 0.15) is 5.56 Å². The number of nitrogens with one attached hydrogen (secondary N) is 2. The lowest BCUT2D eigenvalue weighted by Crippen LogP contribution is -2.34. The fourth-order valence-electron chi connectivity index (χ4n) is 4.66. The maximum atomic E-state index is 14.4. The van der Waals surface area contributed by atoms with Crippen molar-refractivity contribution in [1.29, 1.82) is 0 Å². The Morgan fingerprint density at radius 1 is 0.756 bits per heavy atom. The molecule has 1 aromatic carbocycles. The zero-order chi connectivity index (χ0) is 30.3. The molecule has 3 rings (SSSR count). The van der Waals surface area contributed by atoms with Crippen LogP contribution in [0.15, 0.2) is 0 Å². The molecule has 0 bridgehead atoms. The Bertz CT molecular complexity index is 1290. The minimum absolute atomic E-state index is 0.0556. The third-order valence-electron chi connectivity index (χ3n) is 6.10. The van der Waals surface area contributed by atoms with Gasteiger partial charge >= 0.3 is 6.18 Å². The number of hydrogen-bond acceptors (Lipinski definition) is 9. The van der Waals surface area contributed by atoms with Gasteiger partial charge in [0.2, 0.25) is 11.8 Å². The predicted octanol–water partition coefficient (Wildman–Crippen LogP) is 5.14. The van der Waals surface area contributed by atoms with Crippen LogP contribution in [0.25, 0.3) is 20.4 Å². The number of amides is 3. The minimum atomic E-state index is -4.89. The van der Waals surface area contributed by atoms with Crippen LogP contribution in [0.5, 0.6) is 0 Å². The second-order valence-electron chi connectivity index (χ2n) is 9.65. The number of rotatable bonds is 15. The van der Waals surface area contributed by atoms with Crippen LogP contribution in [0.2, 0.25) is 0 Å². The van der Waals surface area contributed by atoms with Crippen molar-refractivity contribution in [3.8, 4) is 0 Å². The van der Waals surface area contributed by atoms with Crippen molar-refractivity contribution in [1.82, 2.24) is 19.8 Å². The summed E-state index contributed by atoms with van der Waals surface area (Å²) in [6.45, 7) is 10.8. The predicted molar refractivity (Wildman–Crippen MR) is 158 cm³/mol. The van der Waals surface area contributed by atoms with E-state index >= 15 is 0 Å². The average molecular weight is 616 g/mol. The summed E-state index contributed by atoms with van der Waals surface area (Å²) >= 11 is 1.49. The average Bonchev–Trinajstić information content (AvgIpc) is 3.44. The van der Waals surface area contributed by atoms with Gasteiger partial charge in [-0.3, -0.25) is 24.2 Å². The van der Waals surface area contributed by atoms with E-state index in [2.05, 4.69) is 20.6 Å². The summed E-state index contributed by atoms with van der Waals surface area (Å²) in [5, 5.41) is 4.99. The van der Waals surface area contributed by atoms with Gasteiger partial charge in [-0.1, -0.05) is 50.4 Å². The van der Waals surface area contributed by atoms with E-state index < -0.39 is 40.5 Å². The van der Waals surface area contributed by atoms with Gasteiger partial charge < -0.3 is 16.4 Å². The van der Waals surface area contributed by atoms with Gasteiger partial charge in [-0.2, -0.15) is 13.2 Å². The first-order valence-corrected chi connectivity index (χ1v) is 15.2. The van der Waals surface area contributed by atoms with E-state index in [4.69, 9.17) is 5.73 Å². The molecule has 4 N–H and O–H groups in total. The molecule has 0 atom stereocenters. The van der Waals surface area contributed by atoms with Gasteiger partial charge in [0.25, 0.3) is 5.91 Å². The molecule has 3 aromatic rings. The molecule has 0 fully saturated rings. The molecule has 0 saturated heterocycles. The quantitative estimate of drug-likeness (QED) is 0.216. The number of anilines is 2. The molecule has 0 aliphatic heterocycles. The highest BCUT2D eigenvalue weighted by Gasteiger charge is 2.40. The number of benzene rings is 1. The maximum absolute atomic E-state index is 14.4. The van der Waals surface area contributed by atoms with E-state index in [9.17, 15) is 27.6 Å². The smallest absolute Gasteiger partial charge is 0.366 e. The highest BCUT2D eigenvalue weighted by Crippen LogP contribution is 2.46. The number of fused-ring (bicyclic) bond motifs is 2. The Kier molecular flexibility index (Phi) is 11.4. The van der Waals surface area contributed by atoms with E-state index in [1.165, 1.54) is 0 Å². The van der Waals surface area contributed by atoms with Gasteiger partial charge in [0.05, 0.1) is 39.1 Å². The van der Waals surface area contributed by atoms with Crippen LogP contribution in [-0.2, 0) is 15.8 Å². The van der Waals surface area contributed by atoms with Gasteiger partial charge in [0.15, 0.2) is 10.3 Å². The number of alkyl halides is 3. The van der Waals surface area contributed by atoms with Crippen molar-refractivity contribution in [2.45, 2.75) is 59.6 Å². The first-order valence-electron chi connectivity index (χ1n) is 13.6. The number of carbonyl (C=O) groups is 3. The number of carbonyl (C=O) groups excluding carboxylic acids is 3. The highest BCUT2D eigenvalue weighted by molar-refractivity contribution is 7.25. The van der Waals surface area contributed by atoms with Crippen molar-refractivity contribution >= 4 is 71.1 Å². The zero-order valence-electron chi connectivity index (χ0n) is 23.6. The number of thiazole rings is 2. The van der Waals surface area contributed by atoms with Gasteiger partial charge in [-0.15, -0.1) is 0 Å². The summed E-state index contributed by atoms with van der Waals surface area (Å²) in [6.07, 6.45) is -1.53. The van der Waals surface area contributed by atoms with Crippen LogP contribution >= 0.6 is 22.7 Å². The third-order valence-corrected chi connectivity index (χ3v) is 8.07. The summed E-state index contributed by atoms with van der Waals surface area (Å²) in [5.74, 6) is -1.82. The molecule has 226 valence electrons. The lowest BCUT2D eigenvalue weighted by molar-refractivity contribution is -0.135. The van der Waals surface area contributed by atoms with Gasteiger partial charge in [-0.05, 0) is 51.9 Å².